The molecule has 3 aromatic rings. The minimum atomic E-state index is -0.292. The Labute approximate surface area is 186 Å². The van der Waals surface area contributed by atoms with Crippen LogP contribution in [0.4, 0.5) is 5.82 Å². The third-order valence-electron chi connectivity index (χ3n) is 4.84. The van der Waals surface area contributed by atoms with Gasteiger partial charge in [0.1, 0.15) is 11.6 Å². The fourth-order valence-corrected chi connectivity index (χ4v) is 4.24. The van der Waals surface area contributed by atoms with Gasteiger partial charge < -0.3 is 20.1 Å². The number of hydrogen-bond acceptors (Lipinski definition) is 7. The van der Waals surface area contributed by atoms with Crippen LogP contribution in [0, 0.1) is 0 Å². The number of carbonyl (C=O) groups excluding carboxylic acids is 1. The van der Waals surface area contributed by atoms with Gasteiger partial charge in [-0.25, -0.2) is 9.97 Å². The number of rotatable bonds is 6. The molecule has 3 heterocycles. The summed E-state index contributed by atoms with van der Waals surface area (Å²) in [6.07, 6.45) is 1.93. The number of ether oxygens (including phenoxy) is 2. The highest BCUT2D eigenvalue weighted by atomic mass is 32.1. The molecule has 0 bridgehead atoms. The number of benzene rings is 1. The van der Waals surface area contributed by atoms with Crippen molar-refractivity contribution in [1.29, 1.82) is 0 Å². The highest BCUT2D eigenvalue weighted by Crippen LogP contribution is 2.31. The number of anilines is 1. The molecule has 164 valence electrons. The number of carbonyl (C=O) groups is 1. The molecule has 1 aromatic carbocycles. The highest BCUT2D eigenvalue weighted by molar-refractivity contribution is 7.17. The molecule has 1 saturated heterocycles. The largest absolute Gasteiger partial charge is 0.484 e. The number of amides is 1. The lowest BCUT2D eigenvalue weighted by atomic mass is 10.1. The van der Waals surface area contributed by atoms with Crippen molar-refractivity contribution in [1.82, 2.24) is 15.3 Å². The van der Waals surface area contributed by atoms with E-state index >= 15 is 0 Å². The Balaban J connectivity index is 1.54. The monoisotopic (exact) mass is 440 g/mol. The van der Waals surface area contributed by atoms with Crippen molar-refractivity contribution in [3.63, 3.8) is 0 Å². The van der Waals surface area contributed by atoms with E-state index in [9.17, 15) is 4.79 Å². The molecule has 0 saturated carbocycles. The van der Waals surface area contributed by atoms with E-state index in [0.29, 0.717) is 17.6 Å². The predicted octanol–water partition coefficient (Wildman–Crippen LogP) is 4.24. The average Bonchev–Trinajstić information content (AvgIpc) is 3.21. The number of nitrogens with zero attached hydrogens (tertiary/aromatic N) is 2. The standard InChI is InChI=1S/C23H28N4O3S/c1-23(2,3)27-19(28)14-30-17-6-4-5-15(13-17)21-25-18-9-12-31-20(18)22(26-21)24-16-7-10-29-11-8-16/h4-6,9,12-13,16H,7-8,10-11,14H2,1-3H3,(H,27,28)(H,24,25,26). The van der Waals surface area contributed by atoms with Crippen LogP contribution in [-0.2, 0) is 9.53 Å². The highest BCUT2D eigenvalue weighted by Gasteiger charge is 2.18. The molecule has 0 spiro atoms. The summed E-state index contributed by atoms with van der Waals surface area (Å²) in [6, 6.07) is 9.90. The van der Waals surface area contributed by atoms with Gasteiger partial charge in [0.05, 0.1) is 10.2 Å². The fourth-order valence-electron chi connectivity index (χ4n) is 3.45. The van der Waals surface area contributed by atoms with Gasteiger partial charge in [-0.1, -0.05) is 12.1 Å². The summed E-state index contributed by atoms with van der Waals surface area (Å²) in [7, 11) is 0. The van der Waals surface area contributed by atoms with Crippen molar-refractivity contribution in [3.05, 3.63) is 35.7 Å². The lowest BCUT2D eigenvalue weighted by Crippen LogP contribution is -2.43. The zero-order valence-corrected chi connectivity index (χ0v) is 18.9. The van der Waals surface area contributed by atoms with E-state index in [1.807, 2.05) is 56.5 Å². The number of hydrogen-bond donors (Lipinski definition) is 2. The second-order valence-electron chi connectivity index (χ2n) is 8.68. The fraction of sp³-hybridized carbons (Fsp3) is 0.435. The van der Waals surface area contributed by atoms with E-state index in [-0.39, 0.29) is 18.1 Å². The molecule has 1 amide bonds. The maximum atomic E-state index is 12.1. The van der Waals surface area contributed by atoms with Gasteiger partial charge in [-0.3, -0.25) is 4.79 Å². The quantitative estimate of drug-likeness (QED) is 0.596. The zero-order valence-electron chi connectivity index (χ0n) is 18.1. The number of thiophene rings is 1. The summed E-state index contributed by atoms with van der Waals surface area (Å²) < 4.78 is 12.2. The number of nitrogens with one attached hydrogen (secondary N) is 2. The van der Waals surface area contributed by atoms with E-state index in [4.69, 9.17) is 19.4 Å². The average molecular weight is 441 g/mol. The number of fused-ring (bicyclic) bond motifs is 1. The lowest BCUT2D eigenvalue weighted by Gasteiger charge is -2.24. The molecule has 1 aliphatic heterocycles. The van der Waals surface area contributed by atoms with Gasteiger partial charge >= 0.3 is 0 Å². The first-order valence-electron chi connectivity index (χ1n) is 10.5. The lowest BCUT2D eigenvalue weighted by molar-refractivity contribution is -0.124. The topological polar surface area (TPSA) is 85.4 Å². The number of aromatic nitrogens is 2. The smallest absolute Gasteiger partial charge is 0.258 e. The third-order valence-corrected chi connectivity index (χ3v) is 5.75. The van der Waals surface area contributed by atoms with E-state index < -0.39 is 0 Å². The van der Waals surface area contributed by atoms with Crippen molar-refractivity contribution in [2.75, 3.05) is 25.1 Å². The predicted molar refractivity (Wildman–Crippen MR) is 124 cm³/mol. The van der Waals surface area contributed by atoms with Gasteiger partial charge in [-0.2, -0.15) is 0 Å². The normalized spacial score (nSPS) is 15.1. The molecule has 2 aromatic heterocycles. The summed E-state index contributed by atoms with van der Waals surface area (Å²) in [4.78, 5) is 21.6. The molecule has 8 heteroatoms. The molecule has 1 fully saturated rings. The second kappa shape index (κ2) is 9.20. The Morgan fingerprint density at radius 1 is 1.23 bits per heavy atom. The summed E-state index contributed by atoms with van der Waals surface area (Å²) in [5.74, 6) is 1.94. The first-order chi connectivity index (χ1) is 14.9. The van der Waals surface area contributed by atoms with Crippen molar-refractivity contribution in [3.8, 4) is 17.1 Å². The minimum Gasteiger partial charge on any atom is -0.484 e. The maximum absolute atomic E-state index is 12.1. The van der Waals surface area contributed by atoms with Gasteiger partial charge in [-0.15, -0.1) is 11.3 Å². The van der Waals surface area contributed by atoms with Crippen LogP contribution in [0.1, 0.15) is 33.6 Å². The van der Waals surface area contributed by atoms with Crippen LogP contribution in [0.25, 0.3) is 21.6 Å². The Morgan fingerprint density at radius 3 is 2.81 bits per heavy atom. The molecular formula is C23H28N4O3S. The Kier molecular flexibility index (Phi) is 6.38. The molecule has 2 N–H and O–H groups in total. The van der Waals surface area contributed by atoms with Crippen LogP contribution in [0.3, 0.4) is 0 Å². The van der Waals surface area contributed by atoms with Gasteiger partial charge in [0.15, 0.2) is 12.4 Å². The van der Waals surface area contributed by atoms with E-state index in [1.165, 1.54) is 0 Å². The molecule has 0 unspecified atom stereocenters. The summed E-state index contributed by atoms with van der Waals surface area (Å²) in [5.41, 5.74) is 1.47. The first-order valence-corrected chi connectivity index (χ1v) is 11.4. The summed E-state index contributed by atoms with van der Waals surface area (Å²) in [5, 5.41) is 8.52. The maximum Gasteiger partial charge on any atom is 0.258 e. The molecule has 1 aliphatic rings. The molecule has 4 rings (SSSR count). The second-order valence-corrected chi connectivity index (χ2v) is 9.59. The van der Waals surface area contributed by atoms with Crippen molar-refractivity contribution >= 4 is 33.3 Å². The van der Waals surface area contributed by atoms with Crippen molar-refractivity contribution in [2.45, 2.75) is 45.2 Å². The van der Waals surface area contributed by atoms with Crippen LogP contribution in [-0.4, -0.2) is 47.3 Å². The Bertz CT molecular complexity index is 1050. The van der Waals surface area contributed by atoms with Crippen molar-refractivity contribution in [2.24, 2.45) is 0 Å². The van der Waals surface area contributed by atoms with Crippen LogP contribution in [0.2, 0.25) is 0 Å². The molecular weight excluding hydrogens is 412 g/mol. The molecule has 7 nitrogen and oxygen atoms in total. The van der Waals surface area contributed by atoms with E-state index in [0.717, 1.165) is 47.7 Å². The van der Waals surface area contributed by atoms with Crippen molar-refractivity contribution < 1.29 is 14.3 Å². The van der Waals surface area contributed by atoms with Crippen LogP contribution in [0.5, 0.6) is 5.75 Å². The van der Waals surface area contributed by atoms with Gasteiger partial charge in [0, 0.05) is 30.4 Å². The molecule has 0 radical (unpaired) electrons. The molecule has 0 atom stereocenters. The molecule has 31 heavy (non-hydrogen) atoms. The first kappa shape index (κ1) is 21.5. The third kappa shape index (κ3) is 5.71. The van der Waals surface area contributed by atoms with E-state index in [2.05, 4.69) is 10.6 Å². The van der Waals surface area contributed by atoms with Crippen LogP contribution >= 0.6 is 11.3 Å². The van der Waals surface area contributed by atoms with Gasteiger partial charge in [0.25, 0.3) is 5.91 Å². The Hall–Kier alpha value is -2.71. The van der Waals surface area contributed by atoms with Gasteiger partial charge in [0.2, 0.25) is 0 Å². The minimum absolute atomic E-state index is 0.0400. The van der Waals surface area contributed by atoms with E-state index in [1.54, 1.807) is 11.3 Å². The van der Waals surface area contributed by atoms with Crippen LogP contribution in [0.15, 0.2) is 35.7 Å². The molecule has 0 aliphatic carbocycles. The summed E-state index contributed by atoms with van der Waals surface area (Å²) in [6.45, 7) is 7.32. The Morgan fingerprint density at radius 2 is 2.03 bits per heavy atom. The summed E-state index contributed by atoms with van der Waals surface area (Å²) >= 11 is 1.64. The SMILES string of the molecule is CC(C)(C)NC(=O)COc1cccc(-c2nc(NC3CCOCC3)c3sccc3n2)c1. The van der Waals surface area contributed by atoms with Gasteiger partial charge in [-0.05, 0) is 57.2 Å². The zero-order chi connectivity index (χ0) is 21.8. The van der Waals surface area contributed by atoms with Crippen LogP contribution < -0.4 is 15.4 Å².